The number of rotatable bonds is 8. The smallest absolute Gasteiger partial charge is 0.338 e. The number of esters is 1. The maximum atomic E-state index is 12.0. The van der Waals surface area contributed by atoms with Crippen molar-refractivity contribution in [2.45, 2.75) is 49.3 Å². The van der Waals surface area contributed by atoms with Gasteiger partial charge in [0.1, 0.15) is 48.5 Å². The average molecular weight is 418 g/mol. The summed E-state index contributed by atoms with van der Waals surface area (Å²) in [6.07, 6.45) is -9.27. The zero-order valence-corrected chi connectivity index (χ0v) is 15.7. The molecule has 0 radical (unpaired) electrons. The van der Waals surface area contributed by atoms with Crippen LogP contribution < -0.4 is 0 Å². The summed E-state index contributed by atoms with van der Waals surface area (Å²) in [5.41, 5.74) is -1.74. The minimum atomic E-state index is -1.88. The third-order valence-corrected chi connectivity index (χ3v) is 4.58. The molecule has 0 saturated carbocycles. The van der Waals surface area contributed by atoms with Crippen LogP contribution in [0.5, 0.6) is 5.75 Å². The van der Waals surface area contributed by atoms with E-state index in [1.807, 2.05) is 0 Å². The van der Waals surface area contributed by atoms with Crippen LogP contribution in [0.1, 0.15) is 17.3 Å². The molecular weight excluding hydrogens is 392 g/mol. The second kappa shape index (κ2) is 9.78. The molecule has 1 aliphatic rings. The predicted octanol–water partition coefficient (Wildman–Crippen LogP) is -2.52. The Kier molecular flexibility index (Phi) is 7.91. The van der Waals surface area contributed by atoms with Crippen LogP contribution in [-0.4, -0.2) is 104 Å². The zero-order valence-electron chi connectivity index (χ0n) is 15.7. The Morgan fingerprint density at radius 1 is 1.17 bits per heavy atom. The van der Waals surface area contributed by atoms with E-state index in [2.05, 4.69) is 0 Å². The molecule has 7 N–H and O–H groups in total. The van der Waals surface area contributed by atoms with Crippen LogP contribution in [0.15, 0.2) is 24.3 Å². The molecule has 0 spiro atoms. The van der Waals surface area contributed by atoms with Gasteiger partial charge in [-0.3, -0.25) is 0 Å². The lowest BCUT2D eigenvalue weighted by Crippen LogP contribution is -2.60. The number of hydrogen-bond acceptors (Lipinski definition) is 11. The number of benzene rings is 1. The SMILES string of the molecule is C[C@](O)(CO[C@@H]1O[C@H](COC(=O)c2ccc(O)cc2)[C@@H](O)[C@@H](O)[C@H]1O)[C@H](O)CO. The van der Waals surface area contributed by atoms with Gasteiger partial charge >= 0.3 is 5.97 Å². The van der Waals surface area contributed by atoms with Crippen molar-refractivity contribution in [2.75, 3.05) is 19.8 Å². The van der Waals surface area contributed by atoms with E-state index in [4.69, 9.17) is 19.3 Å². The van der Waals surface area contributed by atoms with Crippen LogP contribution in [0, 0.1) is 0 Å². The van der Waals surface area contributed by atoms with Crippen LogP contribution in [-0.2, 0) is 14.2 Å². The van der Waals surface area contributed by atoms with Gasteiger partial charge < -0.3 is 50.0 Å². The van der Waals surface area contributed by atoms with E-state index in [0.717, 1.165) is 0 Å². The Morgan fingerprint density at radius 3 is 2.38 bits per heavy atom. The van der Waals surface area contributed by atoms with Gasteiger partial charge in [0.2, 0.25) is 0 Å². The fraction of sp³-hybridized carbons (Fsp3) is 0.611. The number of phenolic OH excluding ortho intramolecular Hbond substituents is 1. The molecule has 7 atom stereocenters. The average Bonchev–Trinajstić information content (AvgIpc) is 2.70. The lowest BCUT2D eigenvalue weighted by molar-refractivity contribution is -0.310. The van der Waals surface area contributed by atoms with Gasteiger partial charge in [0.05, 0.1) is 18.8 Å². The minimum Gasteiger partial charge on any atom is -0.508 e. The topological polar surface area (TPSA) is 186 Å². The van der Waals surface area contributed by atoms with Crippen LogP contribution in [0.25, 0.3) is 0 Å². The molecular formula is C18H26O11. The highest BCUT2D eigenvalue weighted by atomic mass is 16.7. The maximum Gasteiger partial charge on any atom is 0.338 e. The van der Waals surface area contributed by atoms with Crippen molar-refractivity contribution in [1.82, 2.24) is 0 Å². The number of carbonyl (C=O) groups is 1. The summed E-state index contributed by atoms with van der Waals surface area (Å²) >= 11 is 0. The molecule has 0 amide bonds. The van der Waals surface area contributed by atoms with Crippen molar-refractivity contribution < 1.29 is 54.8 Å². The summed E-state index contributed by atoms with van der Waals surface area (Å²) < 4.78 is 15.6. The summed E-state index contributed by atoms with van der Waals surface area (Å²) in [6, 6.07) is 5.24. The fourth-order valence-electron chi connectivity index (χ4n) is 2.57. The lowest BCUT2D eigenvalue weighted by Gasteiger charge is -2.41. The van der Waals surface area contributed by atoms with Gasteiger partial charge in [0.25, 0.3) is 0 Å². The Labute approximate surface area is 166 Å². The second-order valence-electron chi connectivity index (χ2n) is 7.03. The van der Waals surface area contributed by atoms with Crippen molar-refractivity contribution in [3.05, 3.63) is 29.8 Å². The molecule has 164 valence electrons. The Bertz CT molecular complexity index is 662. The van der Waals surface area contributed by atoms with Crippen molar-refractivity contribution in [3.8, 4) is 5.75 Å². The van der Waals surface area contributed by atoms with Crippen molar-refractivity contribution in [3.63, 3.8) is 0 Å². The third kappa shape index (κ3) is 5.84. The zero-order chi connectivity index (χ0) is 21.8. The van der Waals surface area contributed by atoms with E-state index in [1.165, 1.54) is 31.2 Å². The molecule has 0 bridgehead atoms. The van der Waals surface area contributed by atoms with E-state index < -0.39 is 68.2 Å². The second-order valence-corrected chi connectivity index (χ2v) is 7.03. The highest BCUT2D eigenvalue weighted by molar-refractivity contribution is 5.89. The number of phenols is 1. The molecule has 1 fully saturated rings. The molecule has 1 aliphatic heterocycles. The molecule has 1 aromatic rings. The largest absolute Gasteiger partial charge is 0.508 e. The van der Waals surface area contributed by atoms with Crippen LogP contribution in [0.4, 0.5) is 0 Å². The number of aliphatic hydroxyl groups excluding tert-OH is 5. The van der Waals surface area contributed by atoms with Crippen molar-refractivity contribution in [2.24, 2.45) is 0 Å². The molecule has 11 heteroatoms. The summed E-state index contributed by atoms with van der Waals surface area (Å²) in [7, 11) is 0. The van der Waals surface area contributed by atoms with Crippen molar-refractivity contribution >= 4 is 5.97 Å². The summed E-state index contributed by atoms with van der Waals surface area (Å²) in [5, 5.41) is 67.8. The lowest BCUT2D eigenvalue weighted by atomic mass is 9.98. The van der Waals surface area contributed by atoms with Gasteiger partial charge in [-0.2, -0.15) is 0 Å². The van der Waals surface area contributed by atoms with Gasteiger partial charge in [-0.25, -0.2) is 4.79 Å². The number of aliphatic hydroxyl groups is 6. The Hall–Kier alpha value is -1.83. The predicted molar refractivity (Wildman–Crippen MR) is 94.7 cm³/mol. The van der Waals surface area contributed by atoms with Gasteiger partial charge in [-0.05, 0) is 31.2 Å². The van der Waals surface area contributed by atoms with Gasteiger partial charge in [-0.1, -0.05) is 0 Å². The number of aromatic hydroxyl groups is 1. The van der Waals surface area contributed by atoms with Crippen LogP contribution >= 0.6 is 0 Å². The van der Waals surface area contributed by atoms with Gasteiger partial charge in [0.15, 0.2) is 6.29 Å². The number of carbonyl (C=O) groups excluding carboxylic acids is 1. The molecule has 0 aliphatic carbocycles. The number of hydrogen-bond donors (Lipinski definition) is 7. The van der Waals surface area contributed by atoms with Crippen LogP contribution in [0.3, 0.4) is 0 Å². The normalized spacial score (nSPS) is 30.4. The quantitative estimate of drug-likeness (QED) is 0.221. The van der Waals surface area contributed by atoms with E-state index >= 15 is 0 Å². The van der Waals surface area contributed by atoms with E-state index in [9.17, 15) is 35.4 Å². The number of ether oxygens (including phenoxy) is 3. The van der Waals surface area contributed by atoms with Gasteiger partial charge in [-0.15, -0.1) is 0 Å². The molecule has 2 rings (SSSR count). The fourth-order valence-corrected chi connectivity index (χ4v) is 2.57. The monoisotopic (exact) mass is 418 g/mol. The first kappa shape index (κ1) is 23.4. The highest BCUT2D eigenvalue weighted by Crippen LogP contribution is 2.24. The van der Waals surface area contributed by atoms with E-state index in [-0.39, 0.29) is 11.3 Å². The first-order valence-electron chi connectivity index (χ1n) is 8.85. The third-order valence-electron chi connectivity index (χ3n) is 4.58. The maximum absolute atomic E-state index is 12.0. The highest BCUT2D eigenvalue weighted by Gasteiger charge is 2.45. The molecule has 29 heavy (non-hydrogen) atoms. The molecule has 1 heterocycles. The first-order valence-corrected chi connectivity index (χ1v) is 8.85. The standard InChI is InChI=1S/C18H26O11/c1-18(26,12(21)6-19)8-28-17-15(24)14(23)13(22)11(29-17)7-27-16(25)9-2-4-10(20)5-3-9/h2-5,11-15,17,19-24,26H,6-8H2,1H3/t11-,12-,13-,14-,15-,17-,18+/m1/s1. The summed E-state index contributed by atoms with van der Waals surface area (Å²) in [5.74, 6) is -0.806. The van der Waals surface area contributed by atoms with Crippen LogP contribution in [0.2, 0.25) is 0 Å². The van der Waals surface area contributed by atoms with Gasteiger partial charge in [0, 0.05) is 0 Å². The summed E-state index contributed by atoms with van der Waals surface area (Å²) in [6.45, 7) is -0.605. The molecule has 1 saturated heterocycles. The molecule has 11 nitrogen and oxygen atoms in total. The van der Waals surface area contributed by atoms with Crippen molar-refractivity contribution in [1.29, 1.82) is 0 Å². The van der Waals surface area contributed by atoms with E-state index in [1.54, 1.807) is 0 Å². The molecule has 0 aromatic heterocycles. The minimum absolute atomic E-state index is 0.0353. The molecule has 1 aromatic carbocycles. The summed E-state index contributed by atoms with van der Waals surface area (Å²) in [4.78, 5) is 12.0. The Morgan fingerprint density at radius 2 is 1.79 bits per heavy atom. The van der Waals surface area contributed by atoms with E-state index in [0.29, 0.717) is 0 Å². The first-order chi connectivity index (χ1) is 13.6. The Balaban J connectivity index is 1.97. The molecule has 0 unspecified atom stereocenters.